The molecule has 0 aliphatic carbocycles. The van der Waals surface area contributed by atoms with Crippen molar-refractivity contribution >= 4 is 10.8 Å². The van der Waals surface area contributed by atoms with Crippen molar-refractivity contribution in [2.24, 2.45) is 0 Å². The Morgan fingerprint density at radius 3 is 2.54 bits per heavy atom. The van der Waals surface area contributed by atoms with Crippen molar-refractivity contribution in [1.29, 1.82) is 0 Å². The molecule has 0 heterocycles. The Kier molecular flexibility index (Phi) is 7.19. The fourth-order valence-electron chi connectivity index (χ4n) is 1.34. The van der Waals surface area contributed by atoms with E-state index in [2.05, 4.69) is 25.7 Å². The zero-order valence-corrected chi connectivity index (χ0v) is 9.69. The second kappa shape index (κ2) is 7.27. The first-order chi connectivity index (χ1) is 6.06. The molecule has 0 aromatic rings. The maximum Gasteiger partial charge on any atom is 0.0383 e. The summed E-state index contributed by atoms with van der Waals surface area (Å²) in [6, 6.07) is 0.821. The Morgan fingerprint density at radius 2 is 2.08 bits per heavy atom. The Morgan fingerprint density at radius 1 is 1.46 bits per heavy atom. The first-order valence-electron chi connectivity index (χ1n) is 4.73. The van der Waals surface area contributed by atoms with E-state index in [0.29, 0.717) is 12.1 Å². The van der Waals surface area contributed by atoms with E-state index in [0.717, 1.165) is 18.6 Å². The summed E-state index contributed by atoms with van der Waals surface area (Å²) in [5, 5.41) is 3.41. The van der Waals surface area contributed by atoms with Crippen molar-refractivity contribution in [2.75, 3.05) is 12.0 Å². The van der Waals surface area contributed by atoms with Gasteiger partial charge in [0.05, 0.1) is 0 Å². The van der Waals surface area contributed by atoms with Crippen LogP contribution in [0.5, 0.6) is 0 Å². The minimum absolute atomic E-state index is 0.339. The number of allylic oxidation sites excluding steroid dienone is 1. The van der Waals surface area contributed by atoms with Gasteiger partial charge in [0.25, 0.3) is 0 Å². The molecule has 13 heavy (non-hydrogen) atoms. The van der Waals surface area contributed by atoms with Gasteiger partial charge in [0.2, 0.25) is 0 Å². The first-order valence-corrected chi connectivity index (χ1v) is 6.46. The Bertz CT molecular complexity index is 170. The monoisotopic (exact) mass is 203 g/mol. The smallest absolute Gasteiger partial charge is 0.0383 e. The fraction of sp³-hybridized carbons (Fsp3) is 0.800. The average molecular weight is 203 g/mol. The predicted octanol–water partition coefficient (Wildman–Crippen LogP) is 1.70. The van der Waals surface area contributed by atoms with Crippen molar-refractivity contribution in [2.45, 2.75) is 38.8 Å². The van der Waals surface area contributed by atoms with Crippen LogP contribution in [-0.2, 0) is 10.8 Å². The van der Waals surface area contributed by atoms with Gasteiger partial charge in [0.1, 0.15) is 0 Å². The van der Waals surface area contributed by atoms with E-state index in [4.69, 9.17) is 0 Å². The molecular weight excluding hydrogens is 182 g/mol. The molecule has 0 bridgehead atoms. The molecule has 3 atom stereocenters. The summed E-state index contributed by atoms with van der Waals surface area (Å²) in [6.45, 7) is 7.91. The second-order valence-electron chi connectivity index (χ2n) is 3.57. The van der Waals surface area contributed by atoms with Gasteiger partial charge in [-0.15, -0.1) is 6.58 Å². The van der Waals surface area contributed by atoms with E-state index in [1.807, 2.05) is 6.08 Å². The predicted molar refractivity (Wildman–Crippen MR) is 60.4 cm³/mol. The SMILES string of the molecule is C=CCCC(C)NC(C)CS(C)=O. The molecule has 0 aliphatic heterocycles. The van der Waals surface area contributed by atoms with E-state index in [9.17, 15) is 4.21 Å². The lowest BCUT2D eigenvalue weighted by Gasteiger charge is -2.18. The molecule has 0 fully saturated rings. The highest BCUT2D eigenvalue weighted by Gasteiger charge is 2.07. The number of nitrogens with one attached hydrogen (secondary N) is 1. The minimum atomic E-state index is -0.700. The zero-order chi connectivity index (χ0) is 10.3. The van der Waals surface area contributed by atoms with Crippen LogP contribution in [0, 0.1) is 0 Å². The number of hydrogen-bond acceptors (Lipinski definition) is 2. The van der Waals surface area contributed by atoms with Crippen LogP contribution in [0.15, 0.2) is 12.7 Å². The standard InChI is InChI=1S/C10H21NOS/c1-5-6-7-9(2)11-10(3)8-13(4)12/h5,9-11H,1,6-8H2,2-4H3. The second-order valence-corrected chi connectivity index (χ2v) is 5.05. The molecule has 1 N–H and O–H groups in total. The fourth-order valence-corrected chi connectivity index (χ4v) is 2.14. The van der Waals surface area contributed by atoms with Gasteiger partial charge in [-0.25, -0.2) is 0 Å². The molecule has 2 nitrogen and oxygen atoms in total. The van der Waals surface area contributed by atoms with Gasteiger partial charge in [-0.3, -0.25) is 4.21 Å². The van der Waals surface area contributed by atoms with Crippen molar-refractivity contribution in [3.8, 4) is 0 Å². The van der Waals surface area contributed by atoms with Gasteiger partial charge in [0, 0.05) is 34.9 Å². The van der Waals surface area contributed by atoms with Crippen LogP contribution < -0.4 is 5.32 Å². The quantitative estimate of drug-likeness (QED) is 0.638. The normalized spacial score (nSPS) is 17.8. The van der Waals surface area contributed by atoms with Crippen LogP contribution in [0.2, 0.25) is 0 Å². The van der Waals surface area contributed by atoms with E-state index in [1.165, 1.54) is 0 Å². The summed E-state index contributed by atoms with van der Waals surface area (Å²) in [5.41, 5.74) is 0. The van der Waals surface area contributed by atoms with Crippen LogP contribution in [0.1, 0.15) is 26.7 Å². The zero-order valence-electron chi connectivity index (χ0n) is 8.88. The average Bonchev–Trinajstić information content (AvgIpc) is 1.98. The third kappa shape index (κ3) is 8.19. The van der Waals surface area contributed by atoms with Crippen LogP contribution in [0.4, 0.5) is 0 Å². The van der Waals surface area contributed by atoms with Crippen LogP contribution in [-0.4, -0.2) is 28.3 Å². The lowest BCUT2D eigenvalue weighted by Crippen LogP contribution is -2.37. The maximum atomic E-state index is 10.9. The van der Waals surface area contributed by atoms with Gasteiger partial charge in [-0.2, -0.15) is 0 Å². The number of hydrogen-bond donors (Lipinski definition) is 1. The van der Waals surface area contributed by atoms with E-state index in [1.54, 1.807) is 6.26 Å². The van der Waals surface area contributed by atoms with Gasteiger partial charge >= 0.3 is 0 Å². The summed E-state index contributed by atoms with van der Waals surface area (Å²) >= 11 is 0. The molecule has 0 spiro atoms. The highest BCUT2D eigenvalue weighted by atomic mass is 32.2. The van der Waals surface area contributed by atoms with E-state index >= 15 is 0 Å². The van der Waals surface area contributed by atoms with Gasteiger partial charge in [-0.05, 0) is 26.7 Å². The summed E-state index contributed by atoms with van der Waals surface area (Å²) in [4.78, 5) is 0. The van der Waals surface area contributed by atoms with Gasteiger partial charge in [-0.1, -0.05) is 6.08 Å². The maximum absolute atomic E-state index is 10.9. The molecule has 0 aromatic heterocycles. The van der Waals surface area contributed by atoms with Gasteiger partial charge < -0.3 is 5.32 Å². The Hall–Kier alpha value is -0.150. The lowest BCUT2D eigenvalue weighted by molar-refractivity contribution is 0.470. The Labute approximate surface area is 84.3 Å². The third-order valence-corrected chi connectivity index (χ3v) is 2.83. The topological polar surface area (TPSA) is 29.1 Å². The molecule has 3 unspecified atom stereocenters. The first kappa shape index (κ1) is 12.8. The summed E-state index contributed by atoms with van der Waals surface area (Å²) in [6.07, 6.45) is 5.81. The van der Waals surface area contributed by atoms with Crippen LogP contribution >= 0.6 is 0 Å². The largest absolute Gasteiger partial charge is 0.311 e. The van der Waals surface area contributed by atoms with Crippen LogP contribution in [0.3, 0.4) is 0 Å². The van der Waals surface area contributed by atoms with E-state index < -0.39 is 10.8 Å². The van der Waals surface area contributed by atoms with E-state index in [-0.39, 0.29) is 0 Å². The third-order valence-electron chi connectivity index (χ3n) is 1.86. The molecule has 3 heteroatoms. The summed E-state index contributed by atoms with van der Waals surface area (Å²) in [7, 11) is -0.700. The molecular formula is C10H21NOS. The minimum Gasteiger partial charge on any atom is -0.311 e. The number of rotatable bonds is 7. The molecule has 0 aliphatic rings. The molecule has 0 aromatic carbocycles. The molecule has 78 valence electrons. The summed E-state index contributed by atoms with van der Waals surface area (Å²) < 4.78 is 10.9. The van der Waals surface area contributed by atoms with Crippen molar-refractivity contribution in [3.05, 3.63) is 12.7 Å². The summed E-state index contributed by atoms with van der Waals surface area (Å²) in [5.74, 6) is 0.735. The molecule has 0 saturated heterocycles. The molecule has 0 rings (SSSR count). The van der Waals surface area contributed by atoms with Crippen molar-refractivity contribution in [1.82, 2.24) is 5.32 Å². The Balaban J connectivity index is 3.57. The van der Waals surface area contributed by atoms with Crippen molar-refractivity contribution in [3.63, 3.8) is 0 Å². The highest BCUT2D eigenvalue weighted by molar-refractivity contribution is 7.84. The molecule has 0 radical (unpaired) electrons. The highest BCUT2D eigenvalue weighted by Crippen LogP contribution is 1.98. The lowest BCUT2D eigenvalue weighted by atomic mass is 10.1. The van der Waals surface area contributed by atoms with Crippen LogP contribution in [0.25, 0.3) is 0 Å². The molecule has 0 saturated carbocycles. The van der Waals surface area contributed by atoms with Crippen molar-refractivity contribution < 1.29 is 4.21 Å². The molecule has 0 amide bonds. The van der Waals surface area contributed by atoms with Gasteiger partial charge in [0.15, 0.2) is 0 Å².